The summed E-state index contributed by atoms with van der Waals surface area (Å²) in [5, 5.41) is 12.4. The first-order chi connectivity index (χ1) is 12.3. The van der Waals surface area contributed by atoms with Crippen LogP contribution in [-0.4, -0.2) is 23.5 Å². The Balaban J connectivity index is 1.93. The van der Waals surface area contributed by atoms with E-state index in [-0.39, 0.29) is 30.6 Å². The molecule has 0 aromatic heterocycles. The van der Waals surface area contributed by atoms with Crippen molar-refractivity contribution in [3.05, 3.63) is 71.5 Å². The summed E-state index contributed by atoms with van der Waals surface area (Å²) in [5.74, 6) is -1.47. The number of carbonyl (C=O) groups excluding carboxylic acids is 1. The molecule has 2 unspecified atom stereocenters. The van der Waals surface area contributed by atoms with Crippen LogP contribution in [0.4, 0.5) is 4.39 Å². The number of carboxylic acid groups (broad SMARTS) is 1. The van der Waals surface area contributed by atoms with E-state index in [4.69, 9.17) is 0 Å². The standard InChI is InChI=1S/C21H24FNO3/c1-15(11-16-7-6-10-18(22)13-16)12-19(24)23-14-21(2,20(25)26)17-8-4-3-5-9-17/h3-10,13,15H,11-12,14H2,1-2H3,(H,23,24)(H,25,26). The van der Waals surface area contributed by atoms with Gasteiger partial charge < -0.3 is 10.4 Å². The predicted octanol–water partition coefficient (Wildman–Crippen LogP) is 3.55. The maximum absolute atomic E-state index is 13.2. The summed E-state index contributed by atoms with van der Waals surface area (Å²) >= 11 is 0. The fourth-order valence-electron chi connectivity index (χ4n) is 2.91. The minimum Gasteiger partial charge on any atom is -0.481 e. The Kier molecular flexibility index (Phi) is 6.50. The summed E-state index contributed by atoms with van der Waals surface area (Å²) in [4.78, 5) is 24.0. The Morgan fingerprint density at radius 2 is 1.85 bits per heavy atom. The van der Waals surface area contributed by atoms with Gasteiger partial charge in [-0.05, 0) is 42.5 Å². The molecule has 0 bridgehead atoms. The molecule has 0 fully saturated rings. The van der Waals surface area contributed by atoms with Crippen molar-refractivity contribution >= 4 is 11.9 Å². The van der Waals surface area contributed by atoms with Crippen LogP contribution in [0, 0.1) is 11.7 Å². The molecule has 2 aromatic carbocycles. The van der Waals surface area contributed by atoms with Crippen molar-refractivity contribution in [2.24, 2.45) is 5.92 Å². The monoisotopic (exact) mass is 357 g/mol. The van der Waals surface area contributed by atoms with Gasteiger partial charge in [-0.1, -0.05) is 49.4 Å². The Morgan fingerprint density at radius 1 is 1.15 bits per heavy atom. The number of halogens is 1. The maximum atomic E-state index is 13.2. The van der Waals surface area contributed by atoms with Crippen molar-refractivity contribution in [2.75, 3.05) is 6.54 Å². The Bertz CT molecular complexity index is 763. The van der Waals surface area contributed by atoms with Gasteiger partial charge in [0.15, 0.2) is 0 Å². The lowest BCUT2D eigenvalue weighted by Crippen LogP contribution is -2.44. The fraction of sp³-hybridized carbons (Fsp3) is 0.333. The van der Waals surface area contributed by atoms with Gasteiger partial charge in [0.1, 0.15) is 11.2 Å². The van der Waals surface area contributed by atoms with Gasteiger partial charge in [-0.2, -0.15) is 0 Å². The quantitative estimate of drug-likeness (QED) is 0.759. The molecule has 138 valence electrons. The minimum atomic E-state index is -1.19. The third-order valence-corrected chi connectivity index (χ3v) is 4.53. The second-order valence-electron chi connectivity index (χ2n) is 6.92. The number of hydrogen-bond acceptors (Lipinski definition) is 2. The highest BCUT2D eigenvalue weighted by molar-refractivity contribution is 5.83. The lowest BCUT2D eigenvalue weighted by atomic mass is 9.82. The number of carboxylic acids is 1. The third kappa shape index (κ3) is 5.15. The molecule has 0 aliphatic carbocycles. The Labute approximate surface area is 153 Å². The van der Waals surface area contributed by atoms with Crippen LogP contribution in [0.25, 0.3) is 0 Å². The minimum absolute atomic E-state index is 0.0118. The first-order valence-electron chi connectivity index (χ1n) is 8.61. The molecule has 2 rings (SSSR count). The van der Waals surface area contributed by atoms with Crippen LogP contribution in [0.3, 0.4) is 0 Å². The van der Waals surface area contributed by atoms with Crippen molar-refractivity contribution in [1.82, 2.24) is 5.32 Å². The molecule has 0 aliphatic rings. The zero-order valence-electron chi connectivity index (χ0n) is 15.0. The summed E-state index contributed by atoms with van der Waals surface area (Å²) in [6, 6.07) is 15.2. The van der Waals surface area contributed by atoms with Gasteiger partial charge in [-0.3, -0.25) is 9.59 Å². The molecule has 0 saturated carbocycles. The Morgan fingerprint density at radius 3 is 2.46 bits per heavy atom. The van der Waals surface area contributed by atoms with Crippen LogP contribution < -0.4 is 5.32 Å². The van der Waals surface area contributed by atoms with Crippen LogP contribution in [0.15, 0.2) is 54.6 Å². The van der Waals surface area contributed by atoms with Crippen LogP contribution in [0.5, 0.6) is 0 Å². The van der Waals surface area contributed by atoms with Gasteiger partial charge in [0, 0.05) is 13.0 Å². The summed E-state index contributed by atoms with van der Waals surface area (Å²) in [7, 11) is 0. The van der Waals surface area contributed by atoms with E-state index in [2.05, 4.69) is 5.32 Å². The smallest absolute Gasteiger partial charge is 0.315 e. The maximum Gasteiger partial charge on any atom is 0.315 e. The highest BCUT2D eigenvalue weighted by Gasteiger charge is 2.35. The predicted molar refractivity (Wildman–Crippen MR) is 98.3 cm³/mol. The molecule has 2 atom stereocenters. The molecule has 5 heteroatoms. The lowest BCUT2D eigenvalue weighted by molar-refractivity contribution is -0.143. The molecule has 1 amide bonds. The second kappa shape index (κ2) is 8.61. The van der Waals surface area contributed by atoms with Crippen molar-refractivity contribution < 1.29 is 19.1 Å². The molecule has 0 radical (unpaired) electrons. The van der Waals surface area contributed by atoms with Gasteiger partial charge >= 0.3 is 5.97 Å². The molecule has 0 saturated heterocycles. The number of nitrogens with one attached hydrogen (secondary N) is 1. The van der Waals surface area contributed by atoms with Crippen LogP contribution >= 0.6 is 0 Å². The van der Waals surface area contributed by atoms with Gasteiger partial charge in [0.25, 0.3) is 0 Å². The number of rotatable bonds is 8. The first kappa shape index (κ1) is 19.6. The lowest BCUT2D eigenvalue weighted by Gasteiger charge is -2.26. The molecular formula is C21H24FNO3. The second-order valence-corrected chi connectivity index (χ2v) is 6.92. The topological polar surface area (TPSA) is 66.4 Å². The third-order valence-electron chi connectivity index (χ3n) is 4.53. The van der Waals surface area contributed by atoms with E-state index in [1.54, 1.807) is 37.3 Å². The van der Waals surface area contributed by atoms with Crippen LogP contribution in [-0.2, 0) is 21.4 Å². The molecular weight excluding hydrogens is 333 g/mol. The van der Waals surface area contributed by atoms with Crippen molar-refractivity contribution in [3.63, 3.8) is 0 Å². The number of aliphatic carboxylic acids is 1. The summed E-state index contributed by atoms with van der Waals surface area (Å²) < 4.78 is 13.2. The van der Waals surface area contributed by atoms with Gasteiger partial charge in [-0.25, -0.2) is 4.39 Å². The Hall–Kier alpha value is -2.69. The molecule has 2 N–H and O–H groups in total. The number of benzene rings is 2. The van der Waals surface area contributed by atoms with E-state index in [1.807, 2.05) is 19.1 Å². The van der Waals surface area contributed by atoms with Crippen molar-refractivity contribution in [3.8, 4) is 0 Å². The normalized spacial score (nSPS) is 14.3. The zero-order chi connectivity index (χ0) is 19.2. The van der Waals surface area contributed by atoms with Gasteiger partial charge in [0.05, 0.1) is 0 Å². The van der Waals surface area contributed by atoms with Gasteiger partial charge in [0.2, 0.25) is 5.91 Å². The summed E-state index contributed by atoms with van der Waals surface area (Å²) in [6.07, 6.45) is 0.834. The molecule has 0 heterocycles. The average Bonchev–Trinajstić information content (AvgIpc) is 2.60. The molecule has 0 spiro atoms. The zero-order valence-corrected chi connectivity index (χ0v) is 15.0. The SMILES string of the molecule is CC(CC(=O)NCC(C)(C(=O)O)c1ccccc1)Cc1cccc(F)c1. The average molecular weight is 357 g/mol. The number of hydrogen-bond donors (Lipinski definition) is 2. The van der Waals surface area contributed by atoms with Crippen molar-refractivity contribution in [1.29, 1.82) is 0 Å². The van der Waals surface area contributed by atoms with Crippen LogP contribution in [0.2, 0.25) is 0 Å². The first-order valence-corrected chi connectivity index (χ1v) is 8.61. The van der Waals surface area contributed by atoms with Gasteiger partial charge in [-0.15, -0.1) is 0 Å². The van der Waals surface area contributed by atoms with E-state index in [0.717, 1.165) is 5.56 Å². The van der Waals surface area contributed by atoms with Crippen LogP contribution in [0.1, 0.15) is 31.4 Å². The van der Waals surface area contributed by atoms with E-state index < -0.39 is 11.4 Å². The molecule has 4 nitrogen and oxygen atoms in total. The van der Waals surface area contributed by atoms with E-state index in [1.165, 1.54) is 12.1 Å². The fourth-order valence-corrected chi connectivity index (χ4v) is 2.91. The highest BCUT2D eigenvalue weighted by Crippen LogP contribution is 2.23. The number of amides is 1. The molecule has 0 aliphatic heterocycles. The van der Waals surface area contributed by atoms with Crippen molar-refractivity contribution in [2.45, 2.75) is 32.1 Å². The van der Waals surface area contributed by atoms with E-state index in [9.17, 15) is 19.1 Å². The summed E-state index contributed by atoms with van der Waals surface area (Å²) in [6.45, 7) is 3.52. The summed E-state index contributed by atoms with van der Waals surface area (Å²) in [5.41, 5.74) is 0.286. The molecule has 26 heavy (non-hydrogen) atoms. The number of carbonyl (C=O) groups is 2. The highest BCUT2D eigenvalue weighted by atomic mass is 19.1. The molecule has 2 aromatic rings. The van der Waals surface area contributed by atoms with E-state index >= 15 is 0 Å². The van der Waals surface area contributed by atoms with E-state index in [0.29, 0.717) is 12.0 Å². The largest absolute Gasteiger partial charge is 0.481 e.